The van der Waals surface area contributed by atoms with Crippen LogP contribution in [0.15, 0.2) is 140 Å². The number of anilines is 3. The standard InChI is InChI=1S/C36H29NSi/c1-38(2)35-15-9-8-14-33(35)34-23-22-32(25-36(34)38)37(30-12-4-3-5-13-30)31-20-18-27(19-21-31)29-17-16-26-10-6-7-11-28(26)24-29/h3-25H,1-2H3. The lowest BCUT2D eigenvalue weighted by Crippen LogP contribution is -2.49. The van der Waals surface area contributed by atoms with Gasteiger partial charge < -0.3 is 4.90 Å². The van der Waals surface area contributed by atoms with Gasteiger partial charge in [0.1, 0.15) is 8.07 Å². The molecule has 1 heterocycles. The monoisotopic (exact) mass is 503 g/mol. The number of para-hydroxylation sites is 1. The van der Waals surface area contributed by atoms with E-state index in [0.717, 1.165) is 5.69 Å². The molecular formula is C36H29NSi. The van der Waals surface area contributed by atoms with Gasteiger partial charge in [-0.2, -0.15) is 0 Å². The van der Waals surface area contributed by atoms with E-state index in [2.05, 4.69) is 158 Å². The van der Waals surface area contributed by atoms with Gasteiger partial charge >= 0.3 is 0 Å². The molecule has 0 N–H and O–H groups in total. The third-order valence-corrected chi connectivity index (χ3v) is 11.6. The van der Waals surface area contributed by atoms with Crippen molar-refractivity contribution in [3.63, 3.8) is 0 Å². The van der Waals surface area contributed by atoms with Crippen molar-refractivity contribution in [2.45, 2.75) is 13.1 Å². The molecule has 0 radical (unpaired) electrons. The van der Waals surface area contributed by atoms with Crippen LogP contribution in [0.3, 0.4) is 0 Å². The first-order valence-electron chi connectivity index (χ1n) is 13.3. The maximum atomic E-state index is 2.48. The molecule has 0 bridgehead atoms. The van der Waals surface area contributed by atoms with Crippen molar-refractivity contribution in [3.8, 4) is 22.3 Å². The van der Waals surface area contributed by atoms with Crippen LogP contribution in [0.2, 0.25) is 13.1 Å². The van der Waals surface area contributed by atoms with Gasteiger partial charge in [-0.1, -0.05) is 110 Å². The van der Waals surface area contributed by atoms with Crippen molar-refractivity contribution < 1.29 is 0 Å². The maximum Gasteiger partial charge on any atom is 0.113 e. The third-order valence-electron chi connectivity index (χ3n) is 8.05. The van der Waals surface area contributed by atoms with Gasteiger partial charge in [0.2, 0.25) is 0 Å². The molecule has 1 aliphatic heterocycles. The Labute approximate surface area is 225 Å². The molecule has 0 atom stereocenters. The van der Waals surface area contributed by atoms with Gasteiger partial charge in [0.15, 0.2) is 0 Å². The van der Waals surface area contributed by atoms with Gasteiger partial charge in [0.05, 0.1) is 0 Å². The molecule has 182 valence electrons. The predicted octanol–water partition coefficient (Wildman–Crippen LogP) is 8.78. The summed E-state index contributed by atoms with van der Waals surface area (Å²) >= 11 is 0. The summed E-state index contributed by atoms with van der Waals surface area (Å²) in [4.78, 5) is 2.39. The largest absolute Gasteiger partial charge is 0.311 e. The average Bonchev–Trinajstić information content (AvgIpc) is 3.20. The molecule has 6 aromatic carbocycles. The van der Waals surface area contributed by atoms with E-state index in [1.54, 1.807) is 0 Å². The van der Waals surface area contributed by atoms with E-state index >= 15 is 0 Å². The summed E-state index contributed by atoms with van der Waals surface area (Å²) in [5.41, 5.74) is 8.82. The summed E-state index contributed by atoms with van der Waals surface area (Å²) in [5, 5.41) is 5.60. The van der Waals surface area contributed by atoms with E-state index in [-0.39, 0.29) is 0 Å². The second-order valence-electron chi connectivity index (χ2n) is 10.7. The highest BCUT2D eigenvalue weighted by Gasteiger charge is 2.37. The lowest BCUT2D eigenvalue weighted by Gasteiger charge is -2.27. The smallest absolute Gasteiger partial charge is 0.113 e. The fraction of sp³-hybridized carbons (Fsp3) is 0.0556. The lowest BCUT2D eigenvalue weighted by molar-refractivity contribution is 1.29. The van der Waals surface area contributed by atoms with Crippen LogP contribution >= 0.6 is 0 Å². The van der Waals surface area contributed by atoms with Gasteiger partial charge in [-0.25, -0.2) is 0 Å². The lowest BCUT2D eigenvalue weighted by atomic mass is 10.0. The predicted molar refractivity (Wildman–Crippen MR) is 166 cm³/mol. The van der Waals surface area contributed by atoms with Gasteiger partial charge in [0.25, 0.3) is 0 Å². The van der Waals surface area contributed by atoms with Crippen molar-refractivity contribution in [2.24, 2.45) is 0 Å². The molecule has 38 heavy (non-hydrogen) atoms. The number of hydrogen-bond donors (Lipinski definition) is 0. The van der Waals surface area contributed by atoms with Crippen molar-refractivity contribution in [2.75, 3.05) is 4.90 Å². The van der Waals surface area contributed by atoms with Gasteiger partial charge in [-0.05, 0) is 85.9 Å². The summed E-state index contributed by atoms with van der Waals surface area (Å²) in [6.45, 7) is 4.96. The van der Waals surface area contributed by atoms with Crippen LogP contribution in [-0.4, -0.2) is 8.07 Å². The van der Waals surface area contributed by atoms with E-state index < -0.39 is 8.07 Å². The Hall–Kier alpha value is -4.40. The third kappa shape index (κ3) is 3.68. The Kier molecular flexibility index (Phi) is 5.31. The summed E-state index contributed by atoms with van der Waals surface area (Å²) < 4.78 is 0. The first-order valence-corrected chi connectivity index (χ1v) is 16.3. The number of nitrogens with zero attached hydrogens (tertiary/aromatic N) is 1. The Morgan fingerprint density at radius 3 is 1.84 bits per heavy atom. The summed E-state index contributed by atoms with van der Waals surface area (Å²) in [6, 6.07) is 51.0. The molecule has 0 unspecified atom stereocenters. The van der Waals surface area contributed by atoms with E-state index in [4.69, 9.17) is 0 Å². The van der Waals surface area contributed by atoms with Crippen molar-refractivity contribution >= 4 is 46.3 Å². The van der Waals surface area contributed by atoms with E-state index in [1.165, 1.54) is 54.8 Å². The molecule has 0 aromatic heterocycles. The van der Waals surface area contributed by atoms with E-state index in [0.29, 0.717) is 0 Å². The number of fused-ring (bicyclic) bond motifs is 4. The maximum absolute atomic E-state index is 2.48. The molecule has 1 nitrogen and oxygen atoms in total. The molecule has 6 aromatic rings. The zero-order chi connectivity index (χ0) is 25.7. The van der Waals surface area contributed by atoms with Crippen LogP contribution in [0.1, 0.15) is 0 Å². The van der Waals surface area contributed by atoms with Crippen LogP contribution in [-0.2, 0) is 0 Å². The molecule has 0 aliphatic carbocycles. The van der Waals surface area contributed by atoms with Crippen molar-refractivity contribution in [3.05, 3.63) is 140 Å². The minimum absolute atomic E-state index is 1.16. The zero-order valence-corrected chi connectivity index (χ0v) is 22.7. The number of rotatable bonds is 4. The van der Waals surface area contributed by atoms with Crippen LogP contribution < -0.4 is 15.3 Å². The Morgan fingerprint density at radius 2 is 1.03 bits per heavy atom. The summed E-state index contributed by atoms with van der Waals surface area (Å²) in [5.74, 6) is 0. The molecule has 0 spiro atoms. The van der Waals surface area contributed by atoms with Crippen molar-refractivity contribution in [1.82, 2.24) is 0 Å². The van der Waals surface area contributed by atoms with Crippen LogP contribution in [0.4, 0.5) is 17.1 Å². The molecule has 0 fully saturated rings. The van der Waals surface area contributed by atoms with Crippen LogP contribution in [0, 0.1) is 0 Å². The summed E-state index contributed by atoms with van der Waals surface area (Å²) in [7, 11) is -1.76. The first kappa shape index (κ1) is 22.8. The van der Waals surface area contributed by atoms with Crippen molar-refractivity contribution in [1.29, 1.82) is 0 Å². The molecule has 0 amide bonds. The van der Waals surface area contributed by atoms with Gasteiger partial charge in [-0.15, -0.1) is 0 Å². The van der Waals surface area contributed by atoms with Crippen LogP contribution in [0.5, 0.6) is 0 Å². The van der Waals surface area contributed by atoms with E-state index in [9.17, 15) is 0 Å². The SMILES string of the molecule is C[Si]1(C)c2ccccc2-c2ccc(N(c3ccccc3)c3ccc(-c4ccc5ccccc5c4)cc3)cc21. The Balaban J connectivity index is 1.32. The normalized spacial score (nSPS) is 13.2. The fourth-order valence-electron chi connectivity index (χ4n) is 6.03. The average molecular weight is 504 g/mol. The fourth-order valence-corrected chi connectivity index (χ4v) is 9.12. The molecule has 0 saturated heterocycles. The molecule has 1 aliphatic rings. The first-order chi connectivity index (χ1) is 18.6. The Bertz CT molecular complexity index is 1780. The summed E-state index contributed by atoms with van der Waals surface area (Å²) in [6.07, 6.45) is 0. The Morgan fingerprint density at radius 1 is 0.421 bits per heavy atom. The molecule has 0 saturated carbocycles. The van der Waals surface area contributed by atoms with Crippen LogP contribution in [0.25, 0.3) is 33.0 Å². The quantitative estimate of drug-likeness (QED) is 0.217. The zero-order valence-electron chi connectivity index (χ0n) is 21.7. The topological polar surface area (TPSA) is 3.24 Å². The molecule has 2 heteroatoms. The van der Waals surface area contributed by atoms with Gasteiger partial charge in [0, 0.05) is 17.1 Å². The number of benzene rings is 6. The minimum atomic E-state index is -1.76. The molecule has 7 rings (SSSR count). The molecular weight excluding hydrogens is 474 g/mol. The van der Waals surface area contributed by atoms with E-state index in [1.807, 2.05) is 0 Å². The second-order valence-corrected chi connectivity index (χ2v) is 15.0. The highest BCUT2D eigenvalue weighted by molar-refractivity contribution is 7.03. The second kappa shape index (κ2) is 8.86. The highest BCUT2D eigenvalue weighted by atomic mass is 28.3. The minimum Gasteiger partial charge on any atom is -0.311 e. The highest BCUT2D eigenvalue weighted by Crippen LogP contribution is 2.38. The van der Waals surface area contributed by atoms with Gasteiger partial charge in [-0.3, -0.25) is 0 Å². The number of hydrogen-bond acceptors (Lipinski definition) is 1.